The van der Waals surface area contributed by atoms with Gasteiger partial charge in [0.2, 0.25) is 5.91 Å². The molecule has 2 aromatic rings. The topological polar surface area (TPSA) is 62.2 Å². The SMILES string of the molecule is COCCN(CC(=O)N1N=C(c2ccc(F)cc2)C[C@@H]1c1ccc(F)cc1)C(=O)C1CCC1. The number of nitrogens with zero attached hydrogens (tertiary/aromatic N) is 3. The molecule has 6 nitrogen and oxygen atoms in total. The highest BCUT2D eigenvalue weighted by Gasteiger charge is 2.36. The molecule has 0 unspecified atom stereocenters. The van der Waals surface area contributed by atoms with Gasteiger partial charge in [-0.05, 0) is 48.2 Å². The molecular weight excluding hydrogens is 428 g/mol. The lowest BCUT2D eigenvalue weighted by atomic mass is 9.84. The van der Waals surface area contributed by atoms with E-state index in [4.69, 9.17) is 4.74 Å². The van der Waals surface area contributed by atoms with Crippen molar-refractivity contribution in [2.45, 2.75) is 31.7 Å². The molecule has 2 amide bonds. The van der Waals surface area contributed by atoms with Gasteiger partial charge in [0.05, 0.1) is 18.4 Å². The number of carbonyl (C=O) groups excluding carboxylic acids is 2. The number of carbonyl (C=O) groups is 2. The van der Waals surface area contributed by atoms with Gasteiger partial charge in [-0.15, -0.1) is 0 Å². The third kappa shape index (κ3) is 5.27. The fourth-order valence-corrected chi connectivity index (χ4v) is 4.12. The quantitative estimate of drug-likeness (QED) is 0.606. The minimum atomic E-state index is -0.443. The van der Waals surface area contributed by atoms with Crippen molar-refractivity contribution in [1.29, 1.82) is 0 Å². The molecule has 8 heteroatoms. The number of benzene rings is 2. The first-order chi connectivity index (χ1) is 16.0. The van der Waals surface area contributed by atoms with E-state index in [2.05, 4.69) is 5.10 Å². The maximum absolute atomic E-state index is 13.5. The Kier molecular flexibility index (Phi) is 7.13. The Morgan fingerprint density at radius 3 is 2.27 bits per heavy atom. The van der Waals surface area contributed by atoms with Crippen molar-refractivity contribution in [3.05, 3.63) is 71.3 Å². The lowest BCUT2D eigenvalue weighted by Gasteiger charge is -2.32. The Bertz CT molecular complexity index is 1020. The zero-order chi connectivity index (χ0) is 23.4. The minimum Gasteiger partial charge on any atom is -0.383 e. The molecule has 174 valence electrons. The Morgan fingerprint density at radius 2 is 1.70 bits per heavy atom. The highest BCUT2D eigenvalue weighted by molar-refractivity contribution is 6.03. The van der Waals surface area contributed by atoms with Crippen LogP contribution in [0.15, 0.2) is 53.6 Å². The van der Waals surface area contributed by atoms with Gasteiger partial charge in [-0.25, -0.2) is 13.8 Å². The predicted octanol–water partition coefficient (Wildman–Crippen LogP) is 3.92. The monoisotopic (exact) mass is 455 g/mol. The Hall–Kier alpha value is -3.13. The molecule has 1 aliphatic carbocycles. The van der Waals surface area contributed by atoms with E-state index in [9.17, 15) is 18.4 Å². The highest BCUT2D eigenvalue weighted by Crippen LogP contribution is 2.33. The van der Waals surface area contributed by atoms with Gasteiger partial charge in [0.1, 0.15) is 18.2 Å². The second kappa shape index (κ2) is 10.2. The van der Waals surface area contributed by atoms with E-state index >= 15 is 0 Å². The summed E-state index contributed by atoms with van der Waals surface area (Å²) in [5.74, 6) is -1.13. The number of ether oxygens (including phenoxy) is 1. The Morgan fingerprint density at radius 1 is 1.06 bits per heavy atom. The van der Waals surface area contributed by atoms with Gasteiger partial charge in [-0.1, -0.05) is 30.7 Å². The summed E-state index contributed by atoms with van der Waals surface area (Å²) in [6.07, 6.45) is 3.10. The summed E-state index contributed by atoms with van der Waals surface area (Å²) in [6.45, 7) is 0.537. The van der Waals surface area contributed by atoms with Gasteiger partial charge in [0, 0.05) is 26.0 Å². The normalized spacial score (nSPS) is 18.1. The zero-order valence-electron chi connectivity index (χ0n) is 18.5. The average Bonchev–Trinajstić information content (AvgIpc) is 3.22. The van der Waals surface area contributed by atoms with Crippen LogP contribution in [0.2, 0.25) is 0 Å². The van der Waals surface area contributed by atoms with Gasteiger partial charge < -0.3 is 9.64 Å². The van der Waals surface area contributed by atoms with Gasteiger partial charge in [0.15, 0.2) is 0 Å². The summed E-state index contributed by atoms with van der Waals surface area (Å²) in [5, 5.41) is 5.93. The molecule has 0 N–H and O–H groups in total. The van der Waals surface area contributed by atoms with E-state index < -0.39 is 6.04 Å². The van der Waals surface area contributed by atoms with E-state index in [0.717, 1.165) is 24.8 Å². The van der Waals surface area contributed by atoms with Gasteiger partial charge in [-0.3, -0.25) is 9.59 Å². The van der Waals surface area contributed by atoms with Crippen LogP contribution in [0, 0.1) is 17.6 Å². The molecule has 2 aliphatic rings. The highest BCUT2D eigenvalue weighted by atomic mass is 19.1. The fourth-order valence-electron chi connectivity index (χ4n) is 4.12. The van der Waals surface area contributed by atoms with Crippen LogP contribution in [0.1, 0.15) is 42.9 Å². The number of halogens is 2. The van der Waals surface area contributed by atoms with Crippen LogP contribution in [0.5, 0.6) is 0 Å². The van der Waals surface area contributed by atoms with Crippen molar-refractivity contribution in [3.8, 4) is 0 Å². The Balaban J connectivity index is 1.59. The largest absolute Gasteiger partial charge is 0.383 e. The van der Waals surface area contributed by atoms with Crippen LogP contribution in [-0.4, -0.2) is 54.2 Å². The van der Waals surface area contributed by atoms with Crippen molar-refractivity contribution in [2.75, 3.05) is 26.8 Å². The van der Waals surface area contributed by atoms with E-state index in [1.165, 1.54) is 29.3 Å². The Labute approximate surface area is 191 Å². The van der Waals surface area contributed by atoms with Gasteiger partial charge in [0.25, 0.3) is 5.91 Å². The molecule has 1 heterocycles. The first-order valence-electron chi connectivity index (χ1n) is 11.1. The summed E-state index contributed by atoms with van der Waals surface area (Å²) >= 11 is 0. The maximum Gasteiger partial charge on any atom is 0.262 e. The summed E-state index contributed by atoms with van der Waals surface area (Å²) in [6, 6.07) is 11.4. The number of amides is 2. The van der Waals surface area contributed by atoms with Crippen LogP contribution < -0.4 is 0 Å². The van der Waals surface area contributed by atoms with Gasteiger partial charge in [-0.2, -0.15) is 5.10 Å². The first-order valence-corrected chi connectivity index (χ1v) is 11.1. The van der Waals surface area contributed by atoms with Crippen LogP contribution in [0.3, 0.4) is 0 Å². The number of methoxy groups -OCH3 is 1. The van der Waals surface area contributed by atoms with Crippen LogP contribution >= 0.6 is 0 Å². The number of hydrazone groups is 1. The van der Waals surface area contributed by atoms with Crippen LogP contribution in [0.4, 0.5) is 8.78 Å². The van der Waals surface area contributed by atoms with E-state index in [1.807, 2.05) is 0 Å². The van der Waals surface area contributed by atoms with Crippen LogP contribution in [-0.2, 0) is 14.3 Å². The molecule has 33 heavy (non-hydrogen) atoms. The first kappa shape index (κ1) is 23.0. The summed E-state index contributed by atoms with van der Waals surface area (Å²) in [4.78, 5) is 27.8. The predicted molar refractivity (Wildman–Crippen MR) is 119 cm³/mol. The standard InChI is InChI=1S/C25H27F2N3O3/c1-33-14-13-29(25(32)19-3-2-4-19)16-24(31)30-23(18-7-11-21(27)12-8-18)15-22(28-30)17-5-9-20(26)10-6-17/h5-12,19,23H,2-4,13-16H2,1H3/t23-/m1/s1. The van der Waals surface area contributed by atoms with E-state index in [-0.39, 0.29) is 35.9 Å². The summed E-state index contributed by atoms with van der Waals surface area (Å²) in [7, 11) is 1.55. The molecule has 0 saturated heterocycles. The lowest BCUT2D eigenvalue weighted by molar-refractivity contribution is -0.146. The molecule has 1 atom stereocenters. The van der Waals surface area contributed by atoms with E-state index in [1.54, 1.807) is 36.3 Å². The second-order valence-electron chi connectivity index (χ2n) is 8.44. The molecule has 4 rings (SSSR count). The third-order valence-electron chi connectivity index (χ3n) is 6.26. The molecule has 1 fully saturated rings. The van der Waals surface area contributed by atoms with Crippen molar-refractivity contribution in [3.63, 3.8) is 0 Å². The zero-order valence-corrected chi connectivity index (χ0v) is 18.5. The summed E-state index contributed by atoms with van der Waals surface area (Å²) in [5.41, 5.74) is 2.08. The molecule has 0 aromatic heterocycles. The molecule has 0 spiro atoms. The average molecular weight is 456 g/mol. The minimum absolute atomic E-state index is 0.0353. The maximum atomic E-state index is 13.5. The molecule has 0 bridgehead atoms. The molecular formula is C25H27F2N3O3. The molecule has 1 saturated carbocycles. The second-order valence-corrected chi connectivity index (χ2v) is 8.44. The summed E-state index contributed by atoms with van der Waals surface area (Å²) < 4.78 is 32.0. The van der Waals surface area contributed by atoms with Crippen molar-refractivity contribution >= 4 is 17.5 Å². The number of hydrogen-bond donors (Lipinski definition) is 0. The lowest BCUT2D eigenvalue weighted by Crippen LogP contribution is -2.46. The fraction of sp³-hybridized carbons (Fsp3) is 0.400. The van der Waals surface area contributed by atoms with Crippen LogP contribution in [0.25, 0.3) is 0 Å². The van der Waals surface area contributed by atoms with Crippen molar-refractivity contribution in [1.82, 2.24) is 9.91 Å². The number of hydrogen-bond acceptors (Lipinski definition) is 4. The van der Waals surface area contributed by atoms with E-state index in [0.29, 0.717) is 30.8 Å². The number of rotatable bonds is 8. The van der Waals surface area contributed by atoms with Crippen molar-refractivity contribution in [2.24, 2.45) is 11.0 Å². The van der Waals surface area contributed by atoms with Gasteiger partial charge >= 0.3 is 0 Å². The molecule has 1 aliphatic heterocycles. The third-order valence-corrected chi connectivity index (χ3v) is 6.26. The molecule has 0 radical (unpaired) electrons. The van der Waals surface area contributed by atoms with Crippen molar-refractivity contribution < 1.29 is 23.1 Å². The smallest absolute Gasteiger partial charge is 0.262 e. The molecule has 2 aromatic carbocycles.